The summed E-state index contributed by atoms with van der Waals surface area (Å²) < 4.78 is 25.9. The maximum atomic E-state index is 13.0. The van der Waals surface area contributed by atoms with E-state index in [0.29, 0.717) is 11.1 Å². The average molecular weight is 205 g/mol. The van der Waals surface area contributed by atoms with Crippen molar-refractivity contribution in [2.45, 2.75) is 6.92 Å². The summed E-state index contributed by atoms with van der Waals surface area (Å²) in [7, 11) is 0. The Kier molecular flexibility index (Phi) is 2.46. The molecule has 1 heterocycles. The van der Waals surface area contributed by atoms with Crippen LogP contribution in [0.25, 0.3) is 11.1 Å². The predicted octanol–water partition coefficient (Wildman–Crippen LogP) is 3.34. The summed E-state index contributed by atoms with van der Waals surface area (Å²) in [6.45, 7) is 1.88. The van der Waals surface area contributed by atoms with E-state index in [1.54, 1.807) is 12.4 Å². The standard InChI is InChI=1S/C12H9F2N/c1-8-2-10(7-15-6-8)9-3-11(13)5-12(14)4-9/h2-7H,1H3. The Hall–Kier alpha value is -1.77. The van der Waals surface area contributed by atoms with Gasteiger partial charge in [0, 0.05) is 24.0 Å². The molecule has 76 valence electrons. The lowest BCUT2D eigenvalue weighted by molar-refractivity contribution is 0.584. The Balaban J connectivity index is 2.54. The summed E-state index contributed by atoms with van der Waals surface area (Å²) in [5.41, 5.74) is 2.18. The van der Waals surface area contributed by atoms with Crippen molar-refractivity contribution in [1.29, 1.82) is 0 Å². The van der Waals surface area contributed by atoms with Crippen molar-refractivity contribution in [2.75, 3.05) is 0 Å². The molecule has 1 aromatic carbocycles. The van der Waals surface area contributed by atoms with Crippen molar-refractivity contribution in [3.05, 3.63) is 53.9 Å². The van der Waals surface area contributed by atoms with Crippen molar-refractivity contribution in [3.8, 4) is 11.1 Å². The zero-order chi connectivity index (χ0) is 10.8. The fraction of sp³-hybridized carbons (Fsp3) is 0.0833. The molecular weight excluding hydrogens is 196 g/mol. The number of hydrogen-bond acceptors (Lipinski definition) is 1. The first-order valence-electron chi connectivity index (χ1n) is 4.53. The molecule has 15 heavy (non-hydrogen) atoms. The van der Waals surface area contributed by atoms with Gasteiger partial charge in [0.1, 0.15) is 11.6 Å². The third-order valence-corrected chi connectivity index (χ3v) is 2.07. The maximum Gasteiger partial charge on any atom is 0.126 e. The van der Waals surface area contributed by atoms with Gasteiger partial charge in [-0.05, 0) is 36.2 Å². The third-order valence-electron chi connectivity index (χ3n) is 2.07. The van der Waals surface area contributed by atoms with Gasteiger partial charge < -0.3 is 0 Å². The molecule has 0 atom stereocenters. The Labute approximate surface area is 86.4 Å². The van der Waals surface area contributed by atoms with Crippen LogP contribution in [0.5, 0.6) is 0 Å². The summed E-state index contributed by atoms with van der Waals surface area (Å²) >= 11 is 0. The minimum Gasteiger partial charge on any atom is -0.264 e. The molecule has 3 heteroatoms. The van der Waals surface area contributed by atoms with Crippen LogP contribution in [0.1, 0.15) is 5.56 Å². The molecule has 0 fully saturated rings. The van der Waals surface area contributed by atoms with Crippen molar-refractivity contribution in [1.82, 2.24) is 4.98 Å². The molecule has 0 bridgehead atoms. The smallest absolute Gasteiger partial charge is 0.126 e. The second-order valence-electron chi connectivity index (χ2n) is 3.41. The van der Waals surface area contributed by atoms with Crippen LogP contribution in [0.2, 0.25) is 0 Å². The quantitative estimate of drug-likeness (QED) is 0.695. The van der Waals surface area contributed by atoms with E-state index >= 15 is 0 Å². The van der Waals surface area contributed by atoms with Crippen LogP contribution in [0.4, 0.5) is 8.78 Å². The zero-order valence-corrected chi connectivity index (χ0v) is 8.17. The lowest BCUT2D eigenvalue weighted by Gasteiger charge is -2.02. The van der Waals surface area contributed by atoms with Gasteiger partial charge in [-0.3, -0.25) is 4.98 Å². The highest BCUT2D eigenvalue weighted by Crippen LogP contribution is 2.21. The Morgan fingerprint density at radius 2 is 1.53 bits per heavy atom. The molecule has 2 aromatic rings. The first-order chi connectivity index (χ1) is 7.15. The lowest BCUT2D eigenvalue weighted by atomic mass is 10.1. The molecule has 0 spiro atoms. The Morgan fingerprint density at radius 3 is 2.13 bits per heavy atom. The molecule has 0 aliphatic heterocycles. The molecule has 0 unspecified atom stereocenters. The number of nitrogens with zero attached hydrogens (tertiary/aromatic N) is 1. The van der Waals surface area contributed by atoms with Crippen LogP contribution < -0.4 is 0 Å². The zero-order valence-electron chi connectivity index (χ0n) is 8.17. The number of rotatable bonds is 1. The molecule has 2 rings (SSSR count). The SMILES string of the molecule is Cc1cncc(-c2cc(F)cc(F)c2)c1. The number of benzene rings is 1. The van der Waals surface area contributed by atoms with Crippen LogP contribution in [0.15, 0.2) is 36.7 Å². The van der Waals surface area contributed by atoms with E-state index in [9.17, 15) is 8.78 Å². The first-order valence-corrected chi connectivity index (χ1v) is 4.53. The van der Waals surface area contributed by atoms with Gasteiger partial charge in [0.2, 0.25) is 0 Å². The normalized spacial score (nSPS) is 10.3. The molecule has 0 saturated heterocycles. The summed E-state index contributed by atoms with van der Waals surface area (Å²) in [5.74, 6) is -1.15. The highest BCUT2D eigenvalue weighted by atomic mass is 19.1. The molecule has 1 aromatic heterocycles. The van der Waals surface area contributed by atoms with Gasteiger partial charge in [0.15, 0.2) is 0 Å². The topological polar surface area (TPSA) is 12.9 Å². The van der Waals surface area contributed by atoms with Crippen molar-refractivity contribution in [3.63, 3.8) is 0 Å². The van der Waals surface area contributed by atoms with Crippen molar-refractivity contribution < 1.29 is 8.78 Å². The van der Waals surface area contributed by atoms with Crippen LogP contribution in [0, 0.1) is 18.6 Å². The average Bonchev–Trinajstić information content (AvgIpc) is 2.16. The molecule has 0 aliphatic carbocycles. The van der Waals surface area contributed by atoms with Crippen LogP contribution in [-0.4, -0.2) is 4.98 Å². The summed E-state index contributed by atoms with van der Waals surface area (Å²) in [6, 6.07) is 5.27. The second-order valence-corrected chi connectivity index (χ2v) is 3.41. The maximum absolute atomic E-state index is 13.0. The summed E-state index contributed by atoms with van der Waals surface area (Å²) in [5, 5.41) is 0. The highest BCUT2D eigenvalue weighted by molar-refractivity contribution is 5.63. The van der Waals surface area contributed by atoms with E-state index in [1.165, 1.54) is 12.1 Å². The molecule has 1 nitrogen and oxygen atoms in total. The Morgan fingerprint density at radius 1 is 0.867 bits per heavy atom. The number of aryl methyl sites for hydroxylation is 1. The molecular formula is C12H9F2N. The fourth-order valence-electron chi connectivity index (χ4n) is 1.43. The third kappa shape index (κ3) is 2.18. The molecule has 0 aliphatic rings. The van der Waals surface area contributed by atoms with E-state index in [4.69, 9.17) is 0 Å². The number of hydrogen-bond donors (Lipinski definition) is 0. The van der Waals surface area contributed by atoms with E-state index in [1.807, 2.05) is 13.0 Å². The van der Waals surface area contributed by atoms with Gasteiger partial charge in [-0.2, -0.15) is 0 Å². The Bertz CT molecular complexity index is 474. The minimum absolute atomic E-state index is 0.503. The van der Waals surface area contributed by atoms with Gasteiger partial charge in [-0.1, -0.05) is 0 Å². The summed E-state index contributed by atoms with van der Waals surface area (Å²) in [6.07, 6.45) is 3.28. The molecule has 0 N–H and O–H groups in total. The number of halogens is 2. The minimum atomic E-state index is -0.577. The largest absolute Gasteiger partial charge is 0.264 e. The number of pyridine rings is 1. The van der Waals surface area contributed by atoms with Gasteiger partial charge >= 0.3 is 0 Å². The van der Waals surface area contributed by atoms with Gasteiger partial charge in [-0.15, -0.1) is 0 Å². The van der Waals surface area contributed by atoms with Gasteiger partial charge in [0.25, 0.3) is 0 Å². The lowest BCUT2D eigenvalue weighted by Crippen LogP contribution is -1.86. The predicted molar refractivity (Wildman–Crippen MR) is 54.3 cm³/mol. The first kappa shape index (κ1) is 9.77. The van der Waals surface area contributed by atoms with E-state index < -0.39 is 11.6 Å². The molecule has 0 amide bonds. The van der Waals surface area contributed by atoms with Crippen LogP contribution >= 0.6 is 0 Å². The van der Waals surface area contributed by atoms with E-state index in [-0.39, 0.29) is 0 Å². The van der Waals surface area contributed by atoms with Gasteiger partial charge in [0.05, 0.1) is 0 Å². The monoisotopic (exact) mass is 205 g/mol. The summed E-state index contributed by atoms with van der Waals surface area (Å²) in [4.78, 5) is 3.98. The van der Waals surface area contributed by atoms with E-state index in [2.05, 4.69) is 4.98 Å². The van der Waals surface area contributed by atoms with Crippen LogP contribution in [0.3, 0.4) is 0 Å². The highest BCUT2D eigenvalue weighted by Gasteiger charge is 2.03. The van der Waals surface area contributed by atoms with Gasteiger partial charge in [-0.25, -0.2) is 8.78 Å². The van der Waals surface area contributed by atoms with Crippen molar-refractivity contribution >= 4 is 0 Å². The van der Waals surface area contributed by atoms with Crippen LogP contribution in [-0.2, 0) is 0 Å². The fourth-order valence-corrected chi connectivity index (χ4v) is 1.43. The van der Waals surface area contributed by atoms with E-state index in [0.717, 1.165) is 11.6 Å². The second kappa shape index (κ2) is 3.77. The molecule has 0 saturated carbocycles. The number of aromatic nitrogens is 1. The molecule has 0 radical (unpaired) electrons. The van der Waals surface area contributed by atoms with Crippen molar-refractivity contribution in [2.24, 2.45) is 0 Å².